The number of ether oxygens (including phenoxy) is 1. The molecule has 170 valence electrons. The first-order chi connectivity index (χ1) is 15.9. The predicted molar refractivity (Wildman–Crippen MR) is 115 cm³/mol. The van der Waals surface area contributed by atoms with Crippen LogP contribution >= 0.6 is 0 Å². The van der Waals surface area contributed by atoms with E-state index in [1.165, 1.54) is 29.8 Å². The van der Waals surface area contributed by atoms with Gasteiger partial charge in [-0.25, -0.2) is 4.98 Å². The number of aryl methyl sites for hydroxylation is 1. The van der Waals surface area contributed by atoms with Crippen molar-refractivity contribution >= 4 is 11.8 Å². The van der Waals surface area contributed by atoms with Gasteiger partial charge in [-0.1, -0.05) is 18.2 Å². The molecule has 2 aromatic carbocycles. The fourth-order valence-corrected chi connectivity index (χ4v) is 4.21. The van der Waals surface area contributed by atoms with E-state index in [0.29, 0.717) is 19.3 Å². The number of fused-ring (bicyclic) bond motifs is 3. The zero-order chi connectivity index (χ0) is 23.0. The van der Waals surface area contributed by atoms with Crippen LogP contribution in [0.2, 0.25) is 0 Å². The molecule has 1 atom stereocenters. The van der Waals surface area contributed by atoms with Crippen molar-refractivity contribution in [3.63, 3.8) is 0 Å². The Morgan fingerprint density at radius 2 is 1.88 bits per heavy atom. The van der Waals surface area contributed by atoms with Crippen LogP contribution in [0.4, 0.5) is 8.78 Å². The van der Waals surface area contributed by atoms with Crippen LogP contribution in [0.3, 0.4) is 0 Å². The first kappa shape index (κ1) is 21.1. The number of alkyl halides is 2. The molecule has 1 aliphatic heterocycles. The third kappa shape index (κ3) is 4.18. The van der Waals surface area contributed by atoms with Crippen molar-refractivity contribution < 1.29 is 23.1 Å². The molecule has 9 heteroatoms. The molecule has 0 saturated heterocycles. The molecule has 5 rings (SSSR count). The Balaban J connectivity index is 1.28. The third-order valence-electron chi connectivity index (χ3n) is 6.12. The van der Waals surface area contributed by atoms with Crippen molar-refractivity contribution in [1.29, 1.82) is 0 Å². The van der Waals surface area contributed by atoms with Gasteiger partial charge in [0, 0.05) is 23.6 Å². The van der Waals surface area contributed by atoms with E-state index < -0.39 is 18.1 Å². The number of benzene rings is 2. The van der Waals surface area contributed by atoms with E-state index in [1.54, 1.807) is 6.20 Å². The van der Waals surface area contributed by atoms with E-state index >= 15 is 0 Å². The van der Waals surface area contributed by atoms with Crippen molar-refractivity contribution in [2.75, 3.05) is 0 Å². The van der Waals surface area contributed by atoms with Crippen LogP contribution in [0, 0.1) is 0 Å². The summed E-state index contributed by atoms with van der Waals surface area (Å²) in [5.41, 5.74) is 1.51. The number of hydrogen-bond donors (Lipinski definition) is 2. The zero-order valence-electron chi connectivity index (χ0n) is 17.6. The maximum Gasteiger partial charge on any atom is 0.387 e. The van der Waals surface area contributed by atoms with Crippen LogP contribution < -0.4 is 15.4 Å². The largest absolute Gasteiger partial charge is 0.435 e. The number of amides is 2. The van der Waals surface area contributed by atoms with Crippen molar-refractivity contribution in [2.24, 2.45) is 0 Å². The van der Waals surface area contributed by atoms with E-state index in [4.69, 9.17) is 0 Å². The van der Waals surface area contributed by atoms with Gasteiger partial charge < -0.3 is 19.9 Å². The van der Waals surface area contributed by atoms with Gasteiger partial charge in [0.15, 0.2) is 0 Å². The monoisotopic (exact) mass is 452 g/mol. The highest BCUT2D eigenvalue weighted by Gasteiger charge is 2.52. The van der Waals surface area contributed by atoms with Gasteiger partial charge in [0.25, 0.3) is 5.91 Å². The van der Waals surface area contributed by atoms with E-state index in [9.17, 15) is 18.4 Å². The van der Waals surface area contributed by atoms with Crippen molar-refractivity contribution in [1.82, 2.24) is 20.2 Å². The molecule has 0 unspecified atom stereocenters. The van der Waals surface area contributed by atoms with Gasteiger partial charge in [-0.3, -0.25) is 9.59 Å². The molecule has 3 aromatic rings. The second kappa shape index (κ2) is 8.31. The van der Waals surface area contributed by atoms with Gasteiger partial charge in [-0.15, -0.1) is 0 Å². The molecule has 0 spiro atoms. The second-order valence-electron chi connectivity index (χ2n) is 8.29. The van der Waals surface area contributed by atoms with Crippen molar-refractivity contribution in [2.45, 2.75) is 43.9 Å². The van der Waals surface area contributed by atoms with Gasteiger partial charge in [0.05, 0.1) is 6.04 Å². The molecule has 2 N–H and O–H groups in total. The normalized spacial score (nSPS) is 18.0. The minimum atomic E-state index is -2.93. The molecular weight excluding hydrogens is 430 g/mol. The van der Waals surface area contributed by atoms with Crippen LogP contribution in [0.15, 0.2) is 60.9 Å². The van der Waals surface area contributed by atoms with E-state index in [1.807, 2.05) is 29.0 Å². The molecule has 1 aromatic heterocycles. The number of aromatic nitrogens is 2. The van der Waals surface area contributed by atoms with Crippen LogP contribution in [-0.4, -0.2) is 33.5 Å². The number of nitrogens with one attached hydrogen (secondary N) is 2. The first-order valence-electron chi connectivity index (χ1n) is 10.8. The Morgan fingerprint density at radius 3 is 2.61 bits per heavy atom. The summed E-state index contributed by atoms with van der Waals surface area (Å²) in [6.45, 7) is -2.93. The number of para-hydroxylation sites is 1. The van der Waals surface area contributed by atoms with Gasteiger partial charge >= 0.3 is 6.61 Å². The molecule has 1 saturated carbocycles. The topological polar surface area (TPSA) is 85.3 Å². The second-order valence-corrected chi connectivity index (χ2v) is 8.29. The number of hydrogen-bond acceptors (Lipinski definition) is 4. The molecule has 0 bridgehead atoms. The number of halogens is 2. The van der Waals surface area contributed by atoms with Crippen LogP contribution in [0.1, 0.15) is 47.1 Å². The Labute approximate surface area is 188 Å². The predicted octanol–water partition coefficient (Wildman–Crippen LogP) is 3.54. The van der Waals surface area contributed by atoms with Crippen molar-refractivity contribution in [3.8, 4) is 11.4 Å². The van der Waals surface area contributed by atoms with Crippen LogP contribution in [0.25, 0.3) is 5.69 Å². The molecule has 2 aliphatic rings. The summed E-state index contributed by atoms with van der Waals surface area (Å²) in [6.07, 6.45) is 6.13. The van der Waals surface area contributed by atoms with E-state index in [-0.39, 0.29) is 23.3 Å². The highest BCUT2D eigenvalue weighted by atomic mass is 19.3. The summed E-state index contributed by atoms with van der Waals surface area (Å²) in [5.74, 6) is 0.0235. The molecule has 2 amide bonds. The smallest absolute Gasteiger partial charge is 0.387 e. The maximum absolute atomic E-state index is 13.2. The van der Waals surface area contributed by atoms with E-state index in [0.717, 1.165) is 17.9 Å². The number of nitrogens with zero attached hydrogens (tertiary/aromatic N) is 2. The zero-order valence-corrected chi connectivity index (χ0v) is 17.6. The van der Waals surface area contributed by atoms with Gasteiger partial charge in [0.2, 0.25) is 5.91 Å². The number of imidazole rings is 1. The highest BCUT2D eigenvalue weighted by Crippen LogP contribution is 2.37. The molecule has 1 aliphatic carbocycles. The van der Waals surface area contributed by atoms with Crippen LogP contribution in [-0.2, 0) is 11.2 Å². The summed E-state index contributed by atoms with van der Waals surface area (Å²) < 4.78 is 30.9. The maximum atomic E-state index is 13.2. The minimum Gasteiger partial charge on any atom is -0.435 e. The summed E-state index contributed by atoms with van der Waals surface area (Å²) in [5, 5.41) is 5.90. The highest BCUT2D eigenvalue weighted by molar-refractivity contribution is 6.00. The number of carbonyl (C=O) groups excluding carboxylic acids is 2. The lowest BCUT2D eigenvalue weighted by Crippen LogP contribution is -2.50. The fourth-order valence-electron chi connectivity index (χ4n) is 4.21. The summed E-state index contributed by atoms with van der Waals surface area (Å²) in [4.78, 5) is 30.4. The molecule has 0 radical (unpaired) electrons. The molecule has 7 nitrogen and oxygen atoms in total. The lowest BCUT2D eigenvalue weighted by atomic mass is 10.0. The number of rotatable bonds is 6. The Bertz CT molecular complexity index is 1190. The molecule has 2 heterocycles. The number of carbonyl (C=O) groups is 2. The summed E-state index contributed by atoms with van der Waals surface area (Å²) in [6, 6.07) is 13.2. The standard InChI is InChI=1S/C24H22F2N4O3/c25-23(26)33-17-8-5-16(6-9-17)21(31)29-24(11-12-24)22(32)28-18-10-7-15-3-1-2-4-19(15)30-14-13-27-20(18)30/h1-6,8-9,13-14,18,23H,7,10-12H2,(H,28,32)(H,29,31)/t18-/m1/s1. The molecular formula is C24H22F2N4O3. The summed E-state index contributed by atoms with van der Waals surface area (Å²) in [7, 11) is 0. The van der Waals surface area contributed by atoms with E-state index in [2.05, 4.69) is 26.4 Å². The lowest BCUT2D eigenvalue weighted by Gasteiger charge is -2.22. The van der Waals surface area contributed by atoms with Crippen molar-refractivity contribution in [3.05, 3.63) is 77.9 Å². The fraction of sp³-hybridized carbons (Fsp3) is 0.292. The third-order valence-corrected chi connectivity index (χ3v) is 6.12. The Hall–Kier alpha value is -3.75. The molecule has 33 heavy (non-hydrogen) atoms. The Morgan fingerprint density at radius 1 is 1.12 bits per heavy atom. The van der Waals surface area contributed by atoms with Crippen LogP contribution in [0.5, 0.6) is 5.75 Å². The quantitative estimate of drug-likeness (QED) is 0.599. The first-order valence-corrected chi connectivity index (χ1v) is 10.8. The van der Waals surface area contributed by atoms with Gasteiger partial charge in [-0.05, 0) is 61.6 Å². The Kier molecular flexibility index (Phi) is 5.32. The SMILES string of the molecule is O=C(NC1(C(=O)N[C@@H]2CCc3ccccc3-n3ccnc32)CC1)c1ccc(OC(F)F)cc1. The summed E-state index contributed by atoms with van der Waals surface area (Å²) >= 11 is 0. The minimum absolute atomic E-state index is 0.0368. The average Bonchev–Trinajstić information content (AvgIpc) is 3.46. The van der Waals surface area contributed by atoms with Gasteiger partial charge in [-0.2, -0.15) is 8.78 Å². The average molecular weight is 452 g/mol. The lowest BCUT2D eigenvalue weighted by molar-refractivity contribution is -0.124. The molecule has 1 fully saturated rings. The van der Waals surface area contributed by atoms with Gasteiger partial charge in [0.1, 0.15) is 17.1 Å².